The van der Waals surface area contributed by atoms with Gasteiger partial charge in [0.2, 0.25) is 0 Å². The summed E-state index contributed by atoms with van der Waals surface area (Å²) in [6, 6.07) is 0. The van der Waals surface area contributed by atoms with Gasteiger partial charge in [0.15, 0.2) is 0 Å². The van der Waals surface area contributed by atoms with Gasteiger partial charge in [-0.1, -0.05) is 70.9 Å². The van der Waals surface area contributed by atoms with E-state index < -0.39 is 0 Å². The van der Waals surface area contributed by atoms with E-state index in [2.05, 4.69) is 52.7 Å². The Bertz CT molecular complexity index is 876. The lowest BCUT2D eigenvalue weighted by molar-refractivity contribution is 0.0113. The topological polar surface area (TPSA) is 20.2 Å². The number of fused-ring (bicyclic) bond motifs is 1. The summed E-state index contributed by atoms with van der Waals surface area (Å²) in [6.07, 6.45) is 20.5. The minimum atomic E-state index is -0.246. The highest BCUT2D eigenvalue weighted by Crippen LogP contribution is 2.67. The zero-order chi connectivity index (χ0) is 24.5. The van der Waals surface area contributed by atoms with Gasteiger partial charge in [0.05, 0.1) is 6.10 Å². The van der Waals surface area contributed by atoms with E-state index in [1.165, 1.54) is 80.9 Å². The van der Waals surface area contributed by atoms with E-state index in [0.29, 0.717) is 16.7 Å². The lowest BCUT2D eigenvalue weighted by atomic mass is 9.55. The Balaban J connectivity index is 1.63. The molecule has 4 aliphatic carbocycles. The number of rotatable bonds is 8. The van der Waals surface area contributed by atoms with E-state index in [0.717, 1.165) is 37.0 Å². The lowest BCUT2D eigenvalue weighted by Gasteiger charge is -2.50. The minimum absolute atomic E-state index is 0.246. The van der Waals surface area contributed by atoms with Crippen LogP contribution in [0.15, 0.2) is 53.3 Å². The SMILES string of the molecule is C=C=CC(/C=C1\CCC[C@@]2(C)C1CC[C@@H]2[C@](C)(CCCC(C)C)C1CC1)=C1\C[C@@H](O)CCC1=C. The van der Waals surface area contributed by atoms with E-state index in [1.54, 1.807) is 5.57 Å². The Morgan fingerprint density at radius 2 is 1.97 bits per heavy atom. The maximum absolute atomic E-state index is 10.4. The van der Waals surface area contributed by atoms with Crippen LogP contribution in [0.1, 0.15) is 111 Å². The smallest absolute Gasteiger partial charge is 0.0584 e. The molecule has 0 aromatic heterocycles. The van der Waals surface area contributed by atoms with Crippen molar-refractivity contribution in [3.05, 3.63) is 53.3 Å². The Morgan fingerprint density at radius 1 is 1.21 bits per heavy atom. The van der Waals surface area contributed by atoms with E-state index in [1.807, 2.05) is 6.08 Å². The Morgan fingerprint density at radius 3 is 2.65 bits per heavy atom. The number of hydrogen-bond acceptors (Lipinski definition) is 1. The van der Waals surface area contributed by atoms with Crippen molar-refractivity contribution in [3.63, 3.8) is 0 Å². The van der Waals surface area contributed by atoms with E-state index in [9.17, 15) is 5.11 Å². The fraction of sp³-hybridized carbons (Fsp3) is 0.727. The molecule has 0 aliphatic heterocycles. The fourth-order valence-corrected chi connectivity index (χ4v) is 8.41. The molecule has 0 amide bonds. The Kier molecular flexibility index (Phi) is 7.86. The average Bonchev–Trinajstić information content (AvgIpc) is 3.57. The second kappa shape index (κ2) is 10.4. The van der Waals surface area contributed by atoms with Gasteiger partial charge >= 0.3 is 0 Å². The van der Waals surface area contributed by atoms with Crippen LogP contribution in [-0.2, 0) is 0 Å². The molecule has 188 valence electrons. The monoisotopic (exact) mass is 462 g/mol. The maximum Gasteiger partial charge on any atom is 0.0584 e. The van der Waals surface area contributed by atoms with Crippen molar-refractivity contribution in [2.24, 2.45) is 34.5 Å². The summed E-state index contributed by atoms with van der Waals surface area (Å²) >= 11 is 0. The van der Waals surface area contributed by atoms with Gasteiger partial charge in [-0.15, -0.1) is 5.73 Å². The molecule has 4 aliphatic rings. The van der Waals surface area contributed by atoms with Gasteiger partial charge in [0.25, 0.3) is 0 Å². The van der Waals surface area contributed by atoms with Crippen LogP contribution >= 0.6 is 0 Å². The third kappa shape index (κ3) is 5.12. The Hall–Kier alpha value is -1.30. The molecule has 0 saturated heterocycles. The Labute approximate surface area is 210 Å². The molecule has 1 unspecified atom stereocenters. The fourth-order valence-electron chi connectivity index (χ4n) is 8.41. The average molecular weight is 463 g/mol. The van der Waals surface area contributed by atoms with Crippen LogP contribution in [0.4, 0.5) is 0 Å². The summed E-state index contributed by atoms with van der Waals surface area (Å²) in [5.41, 5.74) is 9.28. The molecule has 0 aromatic carbocycles. The number of allylic oxidation sites excluding steroid dienone is 5. The largest absolute Gasteiger partial charge is 0.393 e. The molecule has 34 heavy (non-hydrogen) atoms. The highest BCUT2D eigenvalue weighted by molar-refractivity contribution is 5.48. The second-order valence-electron chi connectivity index (χ2n) is 13.1. The molecular weight excluding hydrogens is 412 g/mol. The van der Waals surface area contributed by atoms with Crippen LogP contribution in [0, 0.1) is 34.5 Å². The summed E-state index contributed by atoms with van der Waals surface area (Å²) in [6.45, 7) is 18.3. The first-order valence-corrected chi connectivity index (χ1v) is 14.3. The molecule has 4 fully saturated rings. The summed E-state index contributed by atoms with van der Waals surface area (Å²) in [4.78, 5) is 0. The molecule has 0 spiro atoms. The third-order valence-corrected chi connectivity index (χ3v) is 10.4. The van der Waals surface area contributed by atoms with Crippen LogP contribution < -0.4 is 0 Å². The first kappa shape index (κ1) is 25.8. The van der Waals surface area contributed by atoms with E-state index in [-0.39, 0.29) is 6.10 Å². The number of aliphatic hydroxyl groups excluding tert-OH is 1. The van der Waals surface area contributed by atoms with Crippen molar-refractivity contribution >= 4 is 0 Å². The molecule has 0 bridgehead atoms. The number of aliphatic hydroxyl groups is 1. The summed E-state index contributed by atoms with van der Waals surface area (Å²) < 4.78 is 0. The van der Waals surface area contributed by atoms with Crippen LogP contribution in [0.25, 0.3) is 0 Å². The van der Waals surface area contributed by atoms with Crippen LogP contribution in [0.2, 0.25) is 0 Å². The van der Waals surface area contributed by atoms with Crippen molar-refractivity contribution in [1.29, 1.82) is 0 Å². The van der Waals surface area contributed by atoms with Gasteiger partial charge in [-0.2, -0.15) is 0 Å². The van der Waals surface area contributed by atoms with Crippen LogP contribution in [-0.4, -0.2) is 11.2 Å². The van der Waals surface area contributed by atoms with Crippen molar-refractivity contribution in [2.45, 2.75) is 117 Å². The van der Waals surface area contributed by atoms with Gasteiger partial charge in [-0.3, -0.25) is 0 Å². The molecule has 1 heteroatoms. The first-order valence-electron chi connectivity index (χ1n) is 14.3. The molecule has 4 saturated carbocycles. The van der Waals surface area contributed by atoms with Crippen molar-refractivity contribution in [2.75, 3.05) is 0 Å². The van der Waals surface area contributed by atoms with Gasteiger partial charge in [-0.05, 0) is 122 Å². The quantitative estimate of drug-likeness (QED) is 0.357. The van der Waals surface area contributed by atoms with Gasteiger partial charge in [0, 0.05) is 0 Å². The second-order valence-corrected chi connectivity index (χ2v) is 13.1. The molecule has 0 heterocycles. The molecule has 0 radical (unpaired) electrons. The molecule has 1 nitrogen and oxygen atoms in total. The molecule has 4 rings (SSSR count). The zero-order valence-corrected chi connectivity index (χ0v) is 22.6. The molecule has 1 N–H and O–H groups in total. The molecular formula is C33H50O. The summed E-state index contributed by atoms with van der Waals surface area (Å²) in [5.74, 6) is 3.33. The highest BCUT2D eigenvalue weighted by atomic mass is 16.3. The van der Waals surface area contributed by atoms with Crippen molar-refractivity contribution in [3.8, 4) is 0 Å². The predicted octanol–water partition coefficient (Wildman–Crippen LogP) is 9.11. The van der Waals surface area contributed by atoms with E-state index in [4.69, 9.17) is 0 Å². The predicted molar refractivity (Wildman–Crippen MR) is 146 cm³/mol. The first-order chi connectivity index (χ1) is 16.2. The summed E-state index contributed by atoms with van der Waals surface area (Å²) in [7, 11) is 0. The van der Waals surface area contributed by atoms with Gasteiger partial charge in [0.1, 0.15) is 0 Å². The summed E-state index contributed by atoms with van der Waals surface area (Å²) in [5, 5.41) is 10.4. The van der Waals surface area contributed by atoms with Crippen molar-refractivity contribution in [1.82, 2.24) is 0 Å². The molecule has 0 aromatic rings. The third-order valence-electron chi connectivity index (χ3n) is 10.4. The van der Waals surface area contributed by atoms with E-state index >= 15 is 0 Å². The standard InChI is InChI=1S/C33H50O/c1-7-10-25(29-22-28(34)16-13-24(29)4)21-26-12-9-20-33(6)30(26)17-18-31(33)32(5,27-14-15-27)19-8-11-23(2)3/h10,21,23,27-28,30-31,34H,1,4,8-9,11-20,22H2,2-3,5-6H3/b26-21+,29-25-/t28-,30?,31+,32+,33-/m0/s1. The zero-order valence-electron chi connectivity index (χ0n) is 22.6. The van der Waals surface area contributed by atoms with Crippen LogP contribution in [0.3, 0.4) is 0 Å². The lowest BCUT2D eigenvalue weighted by Crippen LogP contribution is -2.42. The van der Waals surface area contributed by atoms with Crippen molar-refractivity contribution < 1.29 is 5.11 Å². The molecule has 5 atom stereocenters. The van der Waals surface area contributed by atoms with Gasteiger partial charge < -0.3 is 5.11 Å². The van der Waals surface area contributed by atoms with Crippen LogP contribution in [0.5, 0.6) is 0 Å². The van der Waals surface area contributed by atoms with Gasteiger partial charge in [-0.25, -0.2) is 0 Å². The number of hydrogen-bond donors (Lipinski definition) is 1. The highest BCUT2D eigenvalue weighted by Gasteiger charge is 2.58. The normalized spacial score (nSPS) is 36.2. The maximum atomic E-state index is 10.4. The minimum Gasteiger partial charge on any atom is -0.393 e.